The van der Waals surface area contributed by atoms with Gasteiger partial charge in [-0.1, -0.05) is 6.07 Å². The lowest BCUT2D eigenvalue weighted by molar-refractivity contribution is 0.193. The van der Waals surface area contributed by atoms with Crippen molar-refractivity contribution < 1.29 is 14.6 Å². The second kappa shape index (κ2) is 6.63. The average molecular weight is 381 g/mol. The molecule has 2 aliphatic heterocycles. The number of hydrogen-bond acceptors (Lipinski definition) is 7. The Morgan fingerprint density at radius 2 is 2.21 bits per heavy atom. The molecule has 0 spiro atoms. The van der Waals surface area contributed by atoms with E-state index in [2.05, 4.69) is 15.0 Å². The molecule has 2 aliphatic rings. The van der Waals surface area contributed by atoms with E-state index in [4.69, 9.17) is 14.5 Å². The van der Waals surface area contributed by atoms with Crippen molar-refractivity contribution in [2.24, 2.45) is 0 Å². The van der Waals surface area contributed by atoms with E-state index in [1.54, 1.807) is 13.4 Å². The van der Waals surface area contributed by atoms with E-state index >= 15 is 0 Å². The third-order valence-corrected chi connectivity index (χ3v) is 5.78. The number of fused-ring (bicyclic) bond motifs is 2. The highest BCUT2D eigenvalue weighted by molar-refractivity contribution is 5.73. The first-order valence-corrected chi connectivity index (χ1v) is 9.58. The van der Waals surface area contributed by atoms with Crippen LogP contribution in [0.15, 0.2) is 18.5 Å². The summed E-state index contributed by atoms with van der Waals surface area (Å²) < 4.78 is 12.8. The number of imidazole rings is 1. The fourth-order valence-electron chi connectivity index (χ4n) is 4.29. The van der Waals surface area contributed by atoms with Crippen LogP contribution in [-0.2, 0) is 17.7 Å². The molecule has 0 radical (unpaired) electrons. The Balaban J connectivity index is 1.60. The minimum atomic E-state index is 0.212. The molecule has 0 aliphatic carbocycles. The maximum atomic E-state index is 10.6. The summed E-state index contributed by atoms with van der Waals surface area (Å²) in [6, 6.07) is 3.86. The number of benzene rings is 1. The molecular weight excluding hydrogens is 358 g/mol. The van der Waals surface area contributed by atoms with Crippen LogP contribution in [0.2, 0.25) is 0 Å². The lowest BCUT2D eigenvalue weighted by atomic mass is 9.98. The number of hydrogen-bond donors (Lipinski definition) is 1. The first kappa shape index (κ1) is 17.2. The van der Waals surface area contributed by atoms with Crippen molar-refractivity contribution in [3.63, 3.8) is 0 Å². The van der Waals surface area contributed by atoms with Crippen LogP contribution >= 0.6 is 0 Å². The highest BCUT2D eigenvalue weighted by Crippen LogP contribution is 2.38. The van der Waals surface area contributed by atoms with Crippen LogP contribution in [0.4, 0.5) is 5.82 Å². The number of anilines is 1. The first-order valence-electron chi connectivity index (χ1n) is 9.58. The van der Waals surface area contributed by atoms with Gasteiger partial charge in [0.05, 0.1) is 19.4 Å². The molecular formula is C20H23N5O3. The normalized spacial score (nSPS) is 19.2. The van der Waals surface area contributed by atoms with E-state index in [1.807, 2.05) is 23.6 Å². The van der Waals surface area contributed by atoms with Crippen LogP contribution in [0.5, 0.6) is 11.5 Å². The largest absolute Gasteiger partial charge is 0.504 e. The molecule has 8 nitrogen and oxygen atoms in total. The molecule has 0 bridgehead atoms. The Morgan fingerprint density at radius 3 is 3.00 bits per heavy atom. The fourth-order valence-corrected chi connectivity index (χ4v) is 4.29. The number of methoxy groups -OCH3 is 1. The summed E-state index contributed by atoms with van der Waals surface area (Å²) in [5, 5.41) is 15.0. The van der Waals surface area contributed by atoms with E-state index in [-0.39, 0.29) is 11.7 Å². The van der Waals surface area contributed by atoms with Gasteiger partial charge in [-0.05, 0) is 31.4 Å². The van der Waals surface area contributed by atoms with Gasteiger partial charge in [-0.15, -0.1) is 0 Å². The Bertz CT molecular complexity index is 1040. The van der Waals surface area contributed by atoms with E-state index in [1.165, 1.54) is 0 Å². The van der Waals surface area contributed by atoms with Crippen LogP contribution in [0, 0.1) is 6.92 Å². The van der Waals surface area contributed by atoms with Gasteiger partial charge >= 0.3 is 0 Å². The highest BCUT2D eigenvalue weighted by atomic mass is 16.5. The summed E-state index contributed by atoms with van der Waals surface area (Å²) in [4.78, 5) is 11.6. The van der Waals surface area contributed by atoms with Crippen LogP contribution in [0.3, 0.4) is 0 Å². The summed E-state index contributed by atoms with van der Waals surface area (Å²) in [6.45, 7) is 4.79. The van der Waals surface area contributed by atoms with Crippen LogP contribution in [0.25, 0.3) is 5.52 Å². The quantitative estimate of drug-likeness (QED) is 0.744. The molecule has 1 saturated heterocycles. The van der Waals surface area contributed by atoms with Crippen molar-refractivity contribution in [3.8, 4) is 11.5 Å². The second-order valence-corrected chi connectivity index (χ2v) is 7.37. The van der Waals surface area contributed by atoms with Gasteiger partial charge in [-0.2, -0.15) is 5.10 Å². The molecule has 0 amide bonds. The Hall–Kier alpha value is -2.87. The van der Waals surface area contributed by atoms with Gasteiger partial charge < -0.3 is 19.5 Å². The standard InChI is InChI=1S/C20H23N5O3/c1-12-23-17(14-6-8-28-10-14)18-20(21-11-22-25(12)18)24-7-5-13-3-4-16(27-2)19(26)15(13)9-24/h3-4,11,14,26H,5-10H2,1-2H3. The van der Waals surface area contributed by atoms with Gasteiger partial charge in [0, 0.05) is 31.2 Å². The molecule has 3 aromatic rings. The molecule has 1 fully saturated rings. The minimum absolute atomic E-state index is 0.212. The molecule has 4 heterocycles. The number of nitrogens with zero attached hydrogens (tertiary/aromatic N) is 5. The van der Waals surface area contributed by atoms with Crippen molar-refractivity contribution in [1.82, 2.24) is 19.6 Å². The maximum Gasteiger partial charge on any atom is 0.163 e. The number of phenols is 1. The lowest BCUT2D eigenvalue weighted by Gasteiger charge is -2.31. The monoisotopic (exact) mass is 381 g/mol. The van der Waals surface area contributed by atoms with E-state index < -0.39 is 0 Å². The number of phenolic OH excluding ortho intramolecular Hbond substituents is 1. The molecule has 146 valence electrons. The van der Waals surface area contributed by atoms with Crippen molar-refractivity contribution >= 4 is 11.3 Å². The van der Waals surface area contributed by atoms with Crippen LogP contribution < -0.4 is 9.64 Å². The zero-order chi connectivity index (χ0) is 19.3. The Kier molecular flexibility index (Phi) is 4.08. The van der Waals surface area contributed by atoms with Crippen molar-refractivity contribution in [2.45, 2.75) is 32.2 Å². The number of ether oxygens (including phenoxy) is 2. The summed E-state index contributed by atoms with van der Waals surface area (Å²) in [6.07, 6.45) is 3.37. The number of aromatic nitrogens is 4. The molecule has 1 aromatic carbocycles. The van der Waals surface area contributed by atoms with Crippen molar-refractivity contribution in [3.05, 3.63) is 41.1 Å². The molecule has 5 rings (SSSR count). The number of aryl methyl sites for hydroxylation is 1. The summed E-state index contributed by atoms with van der Waals surface area (Å²) in [5.74, 6) is 2.67. The highest BCUT2D eigenvalue weighted by Gasteiger charge is 2.29. The molecule has 28 heavy (non-hydrogen) atoms. The van der Waals surface area contributed by atoms with Gasteiger partial charge in [0.1, 0.15) is 17.7 Å². The molecule has 1 atom stereocenters. The zero-order valence-electron chi connectivity index (χ0n) is 16.1. The maximum absolute atomic E-state index is 10.6. The van der Waals surface area contributed by atoms with E-state index in [9.17, 15) is 5.11 Å². The van der Waals surface area contributed by atoms with Gasteiger partial charge in [0.15, 0.2) is 17.3 Å². The summed E-state index contributed by atoms with van der Waals surface area (Å²) in [5.41, 5.74) is 3.99. The fraction of sp³-hybridized carbons (Fsp3) is 0.450. The zero-order valence-corrected chi connectivity index (χ0v) is 16.1. The molecule has 1 N–H and O–H groups in total. The molecule has 0 saturated carbocycles. The Labute approximate surface area is 162 Å². The van der Waals surface area contributed by atoms with E-state index in [0.29, 0.717) is 18.9 Å². The van der Waals surface area contributed by atoms with Crippen molar-refractivity contribution in [2.75, 3.05) is 31.8 Å². The summed E-state index contributed by atoms with van der Waals surface area (Å²) in [7, 11) is 1.57. The topological polar surface area (TPSA) is 85.0 Å². The predicted molar refractivity (Wildman–Crippen MR) is 103 cm³/mol. The third-order valence-electron chi connectivity index (χ3n) is 5.78. The van der Waals surface area contributed by atoms with Crippen LogP contribution in [-0.4, -0.2) is 51.6 Å². The van der Waals surface area contributed by atoms with Gasteiger partial charge in [0.2, 0.25) is 0 Å². The smallest absolute Gasteiger partial charge is 0.163 e. The molecule has 1 unspecified atom stereocenters. The van der Waals surface area contributed by atoms with Crippen LogP contribution in [0.1, 0.15) is 35.0 Å². The van der Waals surface area contributed by atoms with E-state index in [0.717, 1.165) is 60.0 Å². The average Bonchev–Trinajstić information content (AvgIpc) is 3.36. The second-order valence-electron chi connectivity index (χ2n) is 7.37. The van der Waals surface area contributed by atoms with Gasteiger partial charge in [-0.25, -0.2) is 14.5 Å². The SMILES string of the molecule is COc1ccc2c(c1O)CN(c1ncnn3c(C)nc(C4CCOC4)c13)CC2. The van der Waals surface area contributed by atoms with Crippen molar-refractivity contribution in [1.29, 1.82) is 0 Å². The predicted octanol–water partition coefficient (Wildman–Crippen LogP) is 2.21. The number of rotatable bonds is 3. The summed E-state index contributed by atoms with van der Waals surface area (Å²) >= 11 is 0. The van der Waals surface area contributed by atoms with Gasteiger partial charge in [0.25, 0.3) is 0 Å². The molecule has 8 heteroatoms. The first-order chi connectivity index (χ1) is 13.7. The minimum Gasteiger partial charge on any atom is -0.504 e. The number of aromatic hydroxyl groups is 1. The lowest BCUT2D eigenvalue weighted by Crippen LogP contribution is -2.31. The van der Waals surface area contributed by atoms with Gasteiger partial charge in [-0.3, -0.25) is 0 Å². The third kappa shape index (κ3) is 2.59. The Morgan fingerprint density at radius 1 is 1.32 bits per heavy atom. The molecule has 2 aromatic heterocycles.